The van der Waals surface area contributed by atoms with Crippen molar-refractivity contribution in [2.24, 2.45) is 5.92 Å². The van der Waals surface area contributed by atoms with Gasteiger partial charge in [0, 0.05) is 12.7 Å². The molecule has 0 bridgehead atoms. The van der Waals surface area contributed by atoms with E-state index in [4.69, 9.17) is 4.74 Å². The van der Waals surface area contributed by atoms with Gasteiger partial charge in [-0.15, -0.1) is 0 Å². The maximum absolute atomic E-state index is 5.75. The van der Waals surface area contributed by atoms with Crippen LogP contribution in [0, 0.1) is 19.8 Å². The molecule has 2 heteroatoms. The van der Waals surface area contributed by atoms with Gasteiger partial charge in [-0.1, -0.05) is 13.8 Å². The van der Waals surface area contributed by atoms with Crippen LogP contribution >= 0.6 is 0 Å². The summed E-state index contributed by atoms with van der Waals surface area (Å²) in [6.45, 7) is 9.31. The molecule has 1 rings (SSSR count). The number of hydrogen-bond acceptors (Lipinski definition) is 2. The van der Waals surface area contributed by atoms with E-state index in [1.807, 2.05) is 13.1 Å². The second-order valence-corrected chi connectivity index (χ2v) is 4.32. The third kappa shape index (κ3) is 2.88. The van der Waals surface area contributed by atoms with Crippen molar-refractivity contribution in [2.45, 2.75) is 27.7 Å². The molecule has 0 unspecified atom stereocenters. The quantitative estimate of drug-likeness (QED) is 0.817. The highest BCUT2D eigenvalue weighted by atomic mass is 16.5. The molecule has 0 aliphatic rings. The summed E-state index contributed by atoms with van der Waals surface area (Å²) in [7, 11) is 1.94. The lowest BCUT2D eigenvalue weighted by Gasteiger charge is -2.15. The van der Waals surface area contributed by atoms with E-state index in [2.05, 4.69) is 39.1 Å². The van der Waals surface area contributed by atoms with Gasteiger partial charge in [0.1, 0.15) is 5.75 Å². The van der Waals surface area contributed by atoms with Crippen molar-refractivity contribution in [2.75, 3.05) is 19.0 Å². The molecule has 0 aromatic heterocycles. The number of nitrogens with one attached hydrogen (secondary N) is 1. The van der Waals surface area contributed by atoms with E-state index in [1.54, 1.807) is 0 Å². The Kier molecular flexibility index (Phi) is 4.01. The van der Waals surface area contributed by atoms with Gasteiger partial charge in [-0.2, -0.15) is 0 Å². The third-order valence-electron chi connectivity index (χ3n) is 2.58. The number of hydrogen-bond donors (Lipinski definition) is 1. The highest BCUT2D eigenvalue weighted by Crippen LogP contribution is 2.27. The first-order chi connectivity index (χ1) is 7.06. The van der Waals surface area contributed by atoms with Gasteiger partial charge in [0.2, 0.25) is 0 Å². The summed E-state index contributed by atoms with van der Waals surface area (Å²) in [6.07, 6.45) is 0. The highest BCUT2D eigenvalue weighted by molar-refractivity contribution is 5.57. The molecule has 0 aliphatic carbocycles. The lowest BCUT2D eigenvalue weighted by molar-refractivity contribution is 0.269. The fourth-order valence-corrected chi connectivity index (χ4v) is 1.48. The van der Waals surface area contributed by atoms with Crippen LogP contribution in [0.2, 0.25) is 0 Å². The van der Waals surface area contributed by atoms with Crippen molar-refractivity contribution in [3.05, 3.63) is 23.3 Å². The third-order valence-corrected chi connectivity index (χ3v) is 2.58. The minimum absolute atomic E-state index is 0.564. The Labute approximate surface area is 92.6 Å². The molecule has 2 nitrogen and oxygen atoms in total. The smallest absolute Gasteiger partial charge is 0.122 e. The molecule has 0 heterocycles. The first-order valence-corrected chi connectivity index (χ1v) is 5.47. The Bertz CT molecular complexity index is 332. The largest absolute Gasteiger partial charge is 0.493 e. The van der Waals surface area contributed by atoms with Crippen molar-refractivity contribution >= 4 is 5.69 Å². The zero-order valence-electron chi connectivity index (χ0n) is 10.3. The Morgan fingerprint density at radius 2 is 1.87 bits per heavy atom. The predicted molar refractivity (Wildman–Crippen MR) is 65.8 cm³/mol. The van der Waals surface area contributed by atoms with Gasteiger partial charge in [0.15, 0.2) is 0 Å². The standard InChI is InChI=1S/C13H21NO/c1-9(2)8-15-13-7-6-12(14-5)10(3)11(13)4/h6-7,9,14H,8H2,1-5H3. The lowest BCUT2D eigenvalue weighted by Crippen LogP contribution is -2.06. The van der Waals surface area contributed by atoms with Crippen LogP contribution in [0.4, 0.5) is 5.69 Å². The van der Waals surface area contributed by atoms with E-state index in [1.165, 1.54) is 16.8 Å². The van der Waals surface area contributed by atoms with E-state index in [0.29, 0.717) is 5.92 Å². The summed E-state index contributed by atoms with van der Waals surface area (Å²) in [5, 5.41) is 3.17. The molecule has 0 aliphatic heterocycles. The molecule has 0 saturated carbocycles. The molecule has 0 spiro atoms. The van der Waals surface area contributed by atoms with Crippen molar-refractivity contribution in [3.63, 3.8) is 0 Å². The second kappa shape index (κ2) is 5.06. The van der Waals surface area contributed by atoms with Gasteiger partial charge in [-0.3, -0.25) is 0 Å². The van der Waals surface area contributed by atoms with Gasteiger partial charge in [0.25, 0.3) is 0 Å². The average molecular weight is 207 g/mol. The van der Waals surface area contributed by atoms with Crippen LogP contribution in [0.25, 0.3) is 0 Å². The van der Waals surface area contributed by atoms with E-state index in [9.17, 15) is 0 Å². The number of rotatable bonds is 4. The summed E-state index contributed by atoms with van der Waals surface area (Å²) in [6, 6.07) is 4.11. The molecule has 0 fully saturated rings. The van der Waals surface area contributed by atoms with Gasteiger partial charge >= 0.3 is 0 Å². The molecule has 84 valence electrons. The SMILES string of the molecule is CNc1ccc(OCC(C)C)c(C)c1C. The molecule has 1 aromatic carbocycles. The normalized spacial score (nSPS) is 10.5. The predicted octanol–water partition coefficient (Wildman–Crippen LogP) is 3.38. The molecule has 15 heavy (non-hydrogen) atoms. The van der Waals surface area contributed by atoms with Crippen molar-refractivity contribution in [1.82, 2.24) is 0 Å². The van der Waals surface area contributed by atoms with Crippen LogP contribution in [0.3, 0.4) is 0 Å². The summed E-state index contributed by atoms with van der Waals surface area (Å²) in [5.41, 5.74) is 3.66. The highest BCUT2D eigenvalue weighted by Gasteiger charge is 2.06. The Balaban J connectivity index is 2.87. The second-order valence-electron chi connectivity index (χ2n) is 4.32. The van der Waals surface area contributed by atoms with Gasteiger partial charge in [0.05, 0.1) is 6.61 Å². The summed E-state index contributed by atoms with van der Waals surface area (Å²) >= 11 is 0. The van der Waals surface area contributed by atoms with Crippen molar-refractivity contribution in [1.29, 1.82) is 0 Å². The number of anilines is 1. The first-order valence-electron chi connectivity index (χ1n) is 5.47. The maximum Gasteiger partial charge on any atom is 0.122 e. The molecule has 1 N–H and O–H groups in total. The molecule has 0 radical (unpaired) electrons. The summed E-state index contributed by atoms with van der Waals surface area (Å²) < 4.78 is 5.75. The van der Waals surface area contributed by atoms with Crippen LogP contribution in [0.1, 0.15) is 25.0 Å². The van der Waals surface area contributed by atoms with Crippen LogP contribution in [-0.2, 0) is 0 Å². The Hall–Kier alpha value is -1.18. The monoisotopic (exact) mass is 207 g/mol. The Morgan fingerprint density at radius 1 is 1.20 bits per heavy atom. The first kappa shape index (κ1) is 11.9. The topological polar surface area (TPSA) is 21.3 Å². The fraction of sp³-hybridized carbons (Fsp3) is 0.538. The molecule has 0 amide bonds. The van der Waals surface area contributed by atoms with Crippen LogP contribution in [-0.4, -0.2) is 13.7 Å². The van der Waals surface area contributed by atoms with Crippen LogP contribution in [0.5, 0.6) is 5.75 Å². The summed E-state index contributed by atoms with van der Waals surface area (Å²) in [4.78, 5) is 0. The molecule has 0 saturated heterocycles. The lowest BCUT2D eigenvalue weighted by atomic mass is 10.1. The maximum atomic E-state index is 5.75. The Morgan fingerprint density at radius 3 is 2.40 bits per heavy atom. The fourth-order valence-electron chi connectivity index (χ4n) is 1.48. The van der Waals surface area contributed by atoms with Crippen molar-refractivity contribution < 1.29 is 4.74 Å². The molecular weight excluding hydrogens is 186 g/mol. The summed E-state index contributed by atoms with van der Waals surface area (Å²) in [5.74, 6) is 1.56. The van der Waals surface area contributed by atoms with E-state index < -0.39 is 0 Å². The minimum Gasteiger partial charge on any atom is -0.493 e. The molecular formula is C13H21NO. The van der Waals surface area contributed by atoms with E-state index >= 15 is 0 Å². The average Bonchev–Trinajstić information content (AvgIpc) is 2.20. The molecule has 0 atom stereocenters. The zero-order chi connectivity index (χ0) is 11.4. The van der Waals surface area contributed by atoms with Gasteiger partial charge in [-0.25, -0.2) is 0 Å². The van der Waals surface area contributed by atoms with Crippen LogP contribution < -0.4 is 10.1 Å². The van der Waals surface area contributed by atoms with Crippen molar-refractivity contribution in [3.8, 4) is 5.75 Å². The minimum atomic E-state index is 0.564. The van der Waals surface area contributed by atoms with Gasteiger partial charge in [-0.05, 0) is 43.0 Å². The molecule has 1 aromatic rings. The van der Waals surface area contributed by atoms with Gasteiger partial charge < -0.3 is 10.1 Å². The number of benzene rings is 1. The van der Waals surface area contributed by atoms with Crippen LogP contribution in [0.15, 0.2) is 12.1 Å². The number of ether oxygens (including phenoxy) is 1. The van der Waals surface area contributed by atoms with E-state index in [-0.39, 0.29) is 0 Å². The zero-order valence-corrected chi connectivity index (χ0v) is 10.3. The van der Waals surface area contributed by atoms with E-state index in [0.717, 1.165) is 12.4 Å².